The third-order valence-corrected chi connectivity index (χ3v) is 4.19. The molecule has 0 spiro atoms. The van der Waals surface area contributed by atoms with E-state index in [0.29, 0.717) is 31.4 Å². The van der Waals surface area contributed by atoms with Crippen molar-refractivity contribution in [3.05, 3.63) is 29.6 Å². The van der Waals surface area contributed by atoms with Crippen molar-refractivity contribution in [2.75, 3.05) is 26.9 Å². The second-order valence-corrected chi connectivity index (χ2v) is 5.58. The van der Waals surface area contributed by atoms with Crippen molar-refractivity contribution in [2.45, 2.75) is 19.3 Å². The van der Waals surface area contributed by atoms with E-state index in [9.17, 15) is 4.39 Å². The minimum Gasteiger partial charge on any atom is -0.496 e. The summed E-state index contributed by atoms with van der Waals surface area (Å²) in [5.74, 6) is 1.12. The second-order valence-electron chi connectivity index (χ2n) is 5.58. The van der Waals surface area contributed by atoms with E-state index < -0.39 is 0 Å². The van der Waals surface area contributed by atoms with Crippen LogP contribution in [0.1, 0.15) is 19.4 Å². The number of ether oxygens (including phenoxy) is 2. The lowest BCUT2D eigenvalue weighted by Crippen LogP contribution is -2.56. The molecule has 2 N–H and O–H groups in total. The first-order valence-electron chi connectivity index (χ1n) is 6.67. The van der Waals surface area contributed by atoms with E-state index in [1.807, 2.05) is 0 Å². The monoisotopic (exact) mass is 267 g/mol. The molecule has 1 heterocycles. The van der Waals surface area contributed by atoms with Gasteiger partial charge in [-0.2, -0.15) is 0 Å². The molecule has 0 bridgehead atoms. The predicted octanol–water partition coefficient (Wildman–Crippen LogP) is 2.33. The van der Waals surface area contributed by atoms with Crippen LogP contribution in [0.25, 0.3) is 0 Å². The molecule has 0 saturated carbocycles. The van der Waals surface area contributed by atoms with Crippen molar-refractivity contribution in [1.29, 1.82) is 0 Å². The summed E-state index contributed by atoms with van der Waals surface area (Å²) in [6.07, 6.45) is 0. The summed E-state index contributed by atoms with van der Waals surface area (Å²) < 4.78 is 24.4. The molecular formula is C15H22FNO2. The number of benzene rings is 1. The maximum Gasteiger partial charge on any atom is 0.123 e. The Morgan fingerprint density at radius 1 is 1.42 bits per heavy atom. The molecule has 106 valence electrons. The number of hydrogen-bond acceptors (Lipinski definition) is 3. The van der Waals surface area contributed by atoms with Crippen molar-refractivity contribution in [3.63, 3.8) is 0 Å². The van der Waals surface area contributed by atoms with Crippen molar-refractivity contribution in [1.82, 2.24) is 0 Å². The van der Waals surface area contributed by atoms with Gasteiger partial charge in [0.1, 0.15) is 11.6 Å². The van der Waals surface area contributed by atoms with Crippen molar-refractivity contribution >= 4 is 0 Å². The van der Waals surface area contributed by atoms with Gasteiger partial charge in [-0.1, -0.05) is 13.8 Å². The molecule has 0 aromatic heterocycles. The first-order chi connectivity index (χ1) is 9.05. The third kappa shape index (κ3) is 2.35. The molecule has 1 aromatic rings. The van der Waals surface area contributed by atoms with Crippen LogP contribution in [0.4, 0.5) is 4.39 Å². The number of nitrogens with two attached hydrogens (primary N) is 1. The highest BCUT2D eigenvalue weighted by Gasteiger charge is 2.49. The van der Waals surface area contributed by atoms with Crippen molar-refractivity contribution in [2.24, 2.45) is 17.6 Å². The fourth-order valence-electron chi connectivity index (χ4n) is 3.10. The Kier molecular flexibility index (Phi) is 4.11. The fraction of sp³-hybridized carbons (Fsp3) is 0.600. The van der Waals surface area contributed by atoms with Crippen LogP contribution < -0.4 is 10.5 Å². The van der Waals surface area contributed by atoms with Gasteiger partial charge in [0.05, 0.1) is 25.7 Å². The molecule has 19 heavy (non-hydrogen) atoms. The molecule has 1 aromatic carbocycles. The van der Waals surface area contributed by atoms with Gasteiger partial charge in [0, 0.05) is 5.56 Å². The Labute approximate surface area is 113 Å². The Morgan fingerprint density at radius 2 is 2.11 bits per heavy atom. The van der Waals surface area contributed by atoms with Crippen LogP contribution >= 0.6 is 0 Å². The number of rotatable bonds is 5. The molecule has 1 aliphatic rings. The summed E-state index contributed by atoms with van der Waals surface area (Å²) in [4.78, 5) is 0. The van der Waals surface area contributed by atoms with Crippen LogP contribution in [-0.2, 0) is 10.2 Å². The molecule has 2 rings (SSSR count). The summed E-state index contributed by atoms with van der Waals surface area (Å²) in [6, 6.07) is 4.66. The Hall–Kier alpha value is -1.13. The van der Waals surface area contributed by atoms with Crippen LogP contribution in [-0.4, -0.2) is 26.9 Å². The topological polar surface area (TPSA) is 44.5 Å². The summed E-state index contributed by atoms with van der Waals surface area (Å²) in [7, 11) is 1.61. The van der Waals surface area contributed by atoms with Crippen LogP contribution in [0.3, 0.4) is 0 Å². The highest BCUT2D eigenvalue weighted by Crippen LogP contribution is 2.46. The van der Waals surface area contributed by atoms with Gasteiger partial charge in [0.25, 0.3) is 0 Å². The van der Waals surface area contributed by atoms with Crippen LogP contribution in [0, 0.1) is 17.7 Å². The zero-order valence-corrected chi connectivity index (χ0v) is 11.8. The smallest absolute Gasteiger partial charge is 0.123 e. The maximum absolute atomic E-state index is 13.6. The van der Waals surface area contributed by atoms with Gasteiger partial charge in [0.15, 0.2) is 0 Å². The number of methoxy groups -OCH3 is 1. The van der Waals surface area contributed by atoms with Gasteiger partial charge in [-0.05, 0) is 36.6 Å². The SMILES string of the molecule is COc1ccc(F)cc1C1(C(CN)C(C)C)COC1. The van der Waals surface area contributed by atoms with Crippen molar-refractivity contribution in [3.8, 4) is 5.75 Å². The number of hydrogen-bond donors (Lipinski definition) is 1. The molecule has 0 amide bonds. The molecule has 1 unspecified atom stereocenters. The highest BCUT2D eigenvalue weighted by atomic mass is 19.1. The van der Waals surface area contributed by atoms with Gasteiger partial charge in [-0.15, -0.1) is 0 Å². The molecule has 3 nitrogen and oxygen atoms in total. The second kappa shape index (κ2) is 5.47. The summed E-state index contributed by atoms with van der Waals surface area (Å²) >= 11 is 0. The normalized spacial score (nSPS) is 19.1. The predicted molar refractivity (Wildman–Crippen MR) is 72.8 cm³/mol. The first kappa shape index (κ1) is 14.3. The van der Waals surface area contributed by atoms with Crippen LogP contribution in [0.5, 0.6) is 5.75 Å². The van der Waals surface area contributed by atoms with E-state index >= 15 is 0 Å². The van der Waals surface area contributed by atoms with Gasteiger partial charge >= 0.3 is 0 Å². The van der Waals surface area contributed by atoms with Gasteiger partial charge < -0.3 is 15.2 Å². The van der Waals surface area contributed by atoms with Gasteiger partial charge in [-0.25, -0.2) is 4.39 Å². The van der Waals surface area contributed by atoms with Crippen LogP contribution in [0.15, 0.2) is 18.2 Å². The summed E-state index contributed by atoms with van der Waals surface area (Å²) in [6.45, 7) is 5.99. The fourth-order valence-corrected chi connectivity index (χ4v) is 3.10. The zero-order chi connectivity index (χ0) is 14.0. The molecular weight excluding hydrogens is 245 g/mol. The van der Waals surface area contributed by atoms with E-state index in [4.69, 9.17) is 15.2 Å². The standard InChI is InChI=1S/C15H22FNO2/c1-10(2)13(7-17)15(8-19-9-15)12-6-11(16)4-5-14(12)18-3/h4-6,10,13H,7-9,17H2,1-3H3. The average Bonchev–Trinajstić information content (AvgIpc) is 2.33. The van der Waals surface area contributed by atoms with E-state index in [1.165, 1.54) is 6.07 Å². The third-order valence-electron chi connectivity index (χ3n) is 4.19. The quantitative estimate of drug-likeness (QED) is 0.890. The molecule has 4 heteroatoms. The molecule has 1 atom stereocenters. The minimum absolute atomic E-state index is 0.226. The lowest BCUT2D eigenvalue weighted by molar-refractivity contribution is -0.0991. The minimum atomic E-state index is -0.249. The van der Waals surface area contributed by atoms with Gasteiger partial charge in [0.2, 0.25) is 0 Å². The van der Waals surface area contributed by atoms with Gasteiger partial charge in [-0.3, -0.25) is 0 Å². The lowest BCUT2D eigenvalue weighted by atomic mass is 9.64. The maximum atomic E-state index is 13.6. The van der Waals surface area contributed by atoms with E-state index in [2.05, 4.69) is 13.8 Å². The first-order valence-corrected chi connectivity index (χ1v) is 6.67. The summed E-state index contributed by atoms with van der Waals surface area (Å²) in [5, 5.41) is 0. The Morgan fingerprint density at radius 3 is 2.53 bits per heavy atom. The van der Waals surface area contributed by atoms with E-state index in [-0.39, 0.29) is 17.2 Å². The van der Waals surface area contributed by atoms with Crippen molar-refractivity contribution < 1.29 is 13.9 Å². The molecule has 1 fully saturated rings. The van der Waals surface area contributed by atoms with Crippen LogP contribution in [0.2, 0.25) is 0 Å². The van der Waals surface area contributed by atoms with E-state index in [0.717, 1.165) is 5.56 Å². The molecule has 0 aliphatic carbocycles. The molecule has 0 radical (unpaired) electrons. The summed E-state index contributed by atoms with van der Waals surface area (Å²) in [5.41, 5.74) is 6.60. The lowest BCUT2D eigenvalue weighted by Gasteiger charge is -2.49. The average molecular weight is 267 g/mol. The molecule has 1 saturated heterocycles. The number of halogens is 1. The molecule has 1 aliphatic heterocycles. The highest BCUT2D eigenvalue weighted by molar-refractivity contribution is 5.42. The van der Waals surface area contributed by atoms with E-state index in [1.54, 1.807) is 19.2 Å². The Bertz CT molecular complexity index is 444. The largest absolute Gasteiger partial charge is 0.496 e. The Balaban J connectivity index is 2.49. The zero-order valence-electron chi connectivity index (χ0n) is 11.8.